The van der Waals surface area contributed by atoms with Gasteiger partial charge >= 0.3 is 5.97 Å². The minimum atomic E-state index is -1.39. The standard InChI is InChI=1S/C30H32F2N4O5.ClH/c1-41-28-25-20(27(37)21(30(39)40)16-36(25)19-9-10-19)13-22(31)26(28)35-11-5-8-18(15-35)23(32)14-34-29(38)24(33)12-17-6-3-2-4-7-17;/h2-4,6-7,13,16,19,24H,5,8-12,14-15,33H2,1H3,(H,34,38)(H,39,40);1H/b23-18+;. The SMILES string of the molecule is COc1c(N2CCC/C(=C(\F)CNC(=O)C(N)Cc3ccccc3)C2)c(F)cc2c(=O)c(C(=O)O)cn(C3CC3)c12.Cl. The summed E-state index contributed by atoms with van der Waals surface area (Å²) < 4.78 is 38.3. The smallest absolute Gasteiger partial charge is 0.341 e. The molecule has 224 valence electrons. The third-order valence-corrected chi connectivity index (χ3v) is 7.61. The van der Waals surface area contributed by atoms with Gasteiger partial charge in [-0.2, -0.15) is 0 Å². The van der Waals surface area contributed by atoms with Crippen molar-refractivity contribution in [3.63, 3.8) is 0 Å². The van der Waals surface area contributed by atoms with E-state index in [1.807, 2.05) is 30.3 Å². The van der Waals surface area contributed by atoms with Crippen LogP contribution in [0.25, 0.3) is 10.9 Å². The second kappa shape index (κ2) is 12.9. The van der Waals surface area contributed by atoms with E-state index in [-0.39, 0.29) is 48.4 Å². The molecule has 12 heteroatoms. The van der Waals surface area contributed by atoms with Crippen LogP contribution in [-0.4, -0.2) is 54.3 Å². The molecule has 9 nitrogen and oxygen atoms in total. The molecule has 0 bridgehead atoms. The monoisotopic (exact) mass is 602 g/mol. The second-order valence-corrected chi connectivity index (χ2v) is 10.5. The number of ether oxygens (including phenoxy) is 1. The van der Waals surface area contributed by atoms with Crippen LogP contribution < -0.4 is 26.1 Å². The van der Waals surface area contributed by atoms with Crippen LogP contribution in [0.3, 0.4) is 0 Å². The lowest BCUT2D eigenvalue weighted by atomic mass is 10.0. The fourth-order valence-corrected chi connectivity index (χ4v) is 5.39. The molecule has 1 aromatic heterocycles. The lowest BCUT2D eigenvalue weighted by molar-refractivity contribution is -0.122. The molecule has 0 spiro atoms. The predicted molar refractivity (Wildman–Crippen MR) is 158 cm³/mol. The Hall–Kier alpha value is -3.96. The number of aromatic nitrogens is 1. The van der Waals surface area contributed by atoms with Crippen molar-refractivity contribution >= 4 is 40.9 Å². The molecule has 4 N–H and O–H groups in total. The molecular formula is C30H33ClF2N4O5. The van der Waals surface area contributed by atoms with Crippen molar-refractivity contribution in [3.8, 4) is 5.75 Å². The van der Waals surface area contributed by atoms with Crippen LogP contribution in [0.4, 0.5) is 14.5 Å². The summed E-state index contributed by atoms with van der Waals surface area (Å²) in [4.78, 5) is 38.8. The molecule has 1 atom stereocenters. The van der Waals surface area contributed by atoms with E-state index in [1.165, 1.54) is 13.3 Å². The molecule has 1 unspecified atom stereocenters. The van der Waals surface area contributed by atoms with Crippen molar-refractivity contribution in [1.82, 2.24) is 9.88 Å². The number of carbonyl (C=O) groups is 2. The molecule has 5 rings (SSSR count). The highest BCUT2D eigenvalue weighted by atomic mass is 35.5. The quantitative estimate of drug-likeness (QED) is 0.336. The Morgan fingerprint density at radius 2 is 1.95 bits per heavy atom. The van der Waals surface area contributed by atoms with Gasteiger partial charge in [0, 0.05) is 25.3 Å². The van der Waals surface area contributed by atoms with Crippen molar-refractivity contribution < 1.29 is 28.2 Å². The van der Waals surface area contributed by atoms with Crippen LogP contribution in [0.2, 0.25) is 0 Å². The van der Waals surface area contributed by atoms with Gasteiger partial charge in [0.15, 0.2) is 11.6 Å². The van der Waals surface area contributed by atoms with Gasteiger partial charge in [-0.05, 0) is 49.3 Å². The van der Waals surface area contributed by atoms with Gasteiger partial charge < -0.3 is 30.4 Å². The molecule has 2 heterocycles. The normalized spacial score (nSPS) is 16.9. The highest BCUT2D eigenvalue weighted by molar-refractivity contribution is 5.97. The molecule has 1 saturated carbocycles. The number of carboxylic acid groups (broad SMARTS) is 1. The fraction of sp³-hybridized carbons (Fsp3) is 0.367. The number of nitrogens with zero attached hydrogens (tertiary/aromatic N) is 2. The van der Waals surface area contributed by atoms with E-state index in [2.05, 4.69) is 5.32 Å². The maximum Gasteiger partial charge on any atom is 0.341 e. The summed E-state index contributed by atoms with van der Waals surface area (Å²) in [6, 6.07) is 9.47. The van der Waals surface area contributed by atoms with Gasteiger partial charge in [0.1, 0.15) is 17.1 Å². The first kappa shape index (κ1) is 31.0. The number of piperidine rings is 1. The molecule has 1 aliphatic carbocycles. The zero-order chi connectivity index (χ0) is 29.3. The lowest BCUT2D eigenvalue weighted by Crippen LogP contribution is -2.42. The van der Waals surface area contributed by atoms with Crippen LogP contribution in [0, 0.1) is 5.82 Å². The maximum absolute atomic E-state index is 15.7. The maximum atomic E-state index is 15.7. The summed E-state index contributed by atoms with van der Waals surface area (Å²) in [6.45, 7) is 0.128. The largest absolute Gasteiger partial charge is 0.492 e. The topological polar surface area (TPSA) is 127 Å². The molecule has 2 aliphatic rings. The van der Waals surface area contributed by atoms with E-state index in [9.17, 15) is 19.5 Å². The summed E-state index contributed by atoms with van der Waals surface area (Å²) >= 11 is 0. The average molecular weight is 603 g/mol. The van der Waals surface area contributed by atoms with Crippen LogP contribution in [0.1, 0.15) is 47.6 Å². The highest BCUT2D eigenvalue weighted by Crippen LogP contribution is 2.44. The third kappa shape index (κ3) is 6.27. The summed E-state index contributed by atoms with van der Waals surface area (Å²) in [5, 5.41) is 12.0. The number of benzene rings is 2. The number of fused-ring (bicyclic) bond motifs is 1. The van der Waals surface area contributed by atoms with Gasteiger partial charge in [-0.25, -0.2) is 13.6 Å². The number of rotatable bonds is 9. The van der Waals surface area contributed by atoms with Gasteiger partial charge in [-0.3, -0.25) is 9.59 Å². The van der Waals surface area contributed by atoms with Crippen molar-refractivity contribution in [2.24, 2.45) is 5.73 Å². The summed E-state index contributed by atoms with van der Waals surface area (Å²) in [5.41, 5.74) is 6.49. The molecular weight excluding hydrogens is 570 g/mol. The van der Waals surface area contributed by atoms with Crippen LogP contribution in [0.15, 0.2) is 58.8 Å². The number of methoxy groups -OCH3 is 1. The zero-order valence-electron chi connectivity index (χ0n) is 23.1. The van der Waals surface area contributed by atoms with Crippen molar-refractivity contribution in [3.05, 3.63) is 81.2 Å². The molecule has 1 saturated heterocycles. The molecule has 2 fully saturated rings. The Morgan fingerprint density at radius 3 is 2.60 bits per heavy atom. The first-order valence-electron chi connectivity index (χ1n) is 13.6. The number of halogens is 3. The van der Waals surface area contributed by atoms with Gasteiger partial charge in [0.2, 0.25) is 11.3 Å². The number of carboxylic acids is 1. The first-order valence-corrected chi connectivity index (χ1v) is 13.6. The molecule has 1 amide bonds. The van der Waals surface area contributed by atoms with Crippen LogP contribution in [0.5, 0.6) is 5.75 Å². The van der Waals surface area contributed by atoms with Crippen molar-refractivity contribution in [2.75, 3.05) is 31.6 Å². The average Bonchev–Trinajstić information content (AvgIpc) is 3.81. The predicted octanol–water partition coefficient (Wildman–Crippen LogP) is 4.11. The van der Waals surface area contributed by atoms with E-state index in [1.54, 1.807) is 9.47 Å². The minimum Gasteiger partial charge on any atom is -0.492 e. The minimum absolute atomic E-state index is 0. The highest BCUT2D eigenvalue weighted by Gasteiger charge is 2.32. The van der Waals surface area contributed by atoms with E-state index >= 15 is 8.78 Å². The fourth-order valence-electron chi connectivity index (χ4n) is 5.39. The van der Waals surface area contributed by atoms with Gasteiger partial charge in [-0.15, -0.1) is 12.4 Å². The summed E-state index contributed by atoms with van der Waals surface area (Å²) in [7, 11) is 1.36. The number of hydrogen-bond donors (Lipinski definition) is 3. The molecule has 3 aromatic rings. The number of hydrogen-bond acceptors (Lipinski definition) is 6. The van der Waals surface area contributed by atoms with Crippen molar-refractivity contribution in [1.29, 1.82) is 0 Å². The van der Waals surface area contributed by atoms with E-state index in [0.29, 0.717) is 36.9 Å². The molecule has 2 aromatic carbocycles. The van der Waals surface area contributed by atoms with Gasteiger partial charge in [0.25, 0.3) is 0 Å². The Kier molecular flexibility index (Phi) is 9.53. The molecule has 42 heavy (non-hydrogen) atoms. The van der Waals surface area contributed by atoms with Crippen LogP contribution >= 0.6 is 12.4 Å². The zero-order valence-corrected chi connectivity index (χ0v) is 23.9. The summed E-state index contributed by atoms with van der Waals surface area (Å²) in [5.74, 6) is -3.04. The third-order valence-electron chi connectivity index (χ3n) is 7.61. The van der Waals surface area contributed by atoms with Gasteiger partial charge in [-0.1, -0.05) is 30.3 Å². The van der Waals surface area contributed by atoms with Crippen LogP contribution in [-0.2, 0) is 11.2 Å². The number of carbonyl (C=O) groups excluding carboxylic acids is 1. The Balaban J connectivity index is 0.00000405. The van der Waals surface area contributed by atoms with E-state index in [0.717, 1.165) is 24.5 Å². The number of nitrogens with two attached hydrogens (primary N) is 1. The molecule has 0 radical (unpaired) electrons. The first-order chi connectivity index (χ1) is 19.7. The Labute approximate surface area is 247 Å². The number of pyridine rings is 1. The second-order valence-electron chi connectivity index (χ2n) is 10.5. The Morgan fingerprint density at radius 1 is 1.24 bits per heavy atom. The summed E-state index contributed by atoms with van der Waals surface area (Å²) in [6.07, 6.45) is 4.14. The number of nitrogens with one attached hydrogen (secondary N) is 1. The van der Waals surface area contributed by atoms with Crippen molar-refractivity contribution in [2.45, 2.75) is 44.2 Å². The Bertz CT molecular complexity index is 1590. The van der Waals surface area contributed by atoms with Gasteiger partial charge in [0.05, 0.1) is 30.6 Å². The van der Waals surface area contributed by atoms with E-state index < -0.39 is 40.6 Å². The molecule has 1 aliphatic heterocycles. The number of aromatic carboxylic acids is 1. The number of anilines is 1. The lowest BCUT2D eigenvalue weighted by Gasteiger charge is -2.33. The number of amides is 1. The van der Waals surface area contributed by atoms with E-state index in [4.69, 9.17) is 10.5 Å².